The van der Waals surface area contributed by atoms with Crippen molar-refractivity contribution in [2.24, 2.45) is 0 Å². The number of hydrogen-bond acceptors (Lipinski definition) is 4. The maximum absolute atomic E-state index is 5.87. The van der Waals surface area contributed by atoms with Crippen LogP contribution in [0.15, 0.2) is 91.3 Å². The van der Waals surface area contributed by atoms with Gasteiger partial charge in [0.15, 0.2) is 5.11 Å². The lowest BCUT2D eigenvalue weighted by molar-refractivity contribution is 0.340. The molecular weight excluding hydrogens is 444 g/mol. The second-order valence-electron chi connectivity index (χ2n) is 7.90. The standard InChI is InChI=1S/C27H26N4O2S/c1-3-33-20-15-13-19(14-16-20)30-18-8-11-23(30)26-25(21-9-6-7-17-28-21)29-27(34)31(26)22-10-4-5-12-24(22)32-2/h4-18,25-26H,3H2,1-2H3,(H,29,34)/t25-,26-/m0/s1. The first-order chi connectivity index (χ1) is 16.7. The topological polar surface area (TPSA) is 51.5 Å². The van der Waals surface area contributed by atoms with Gasteiger partial charge in [-0.05, 0) is 79.8 Å². The highest BCUT2D eigenvalue weighted by atomic mass is 32.1. The fourth-order valence-electron chi connectivity index (χ4n) is 4.48. The van der Waals surface area contributed by atoms with Crippen LogP contribution in [-0.4, -0.2) is 28.4 Å². The highest BCUT2D eigenvalue weighted by Crippen LogP contribution is 2.44. The van der Waals surface area contributed by atoms with Crippen LogP contribution < -0.4 is 19.7 Å². The first-order valence-corrected chi connectivity index (χ1v) is 11.7. The summed E-state index contributed by atoms with van der Waals surface area (Å²) < 4.78 is 13.5. The number of anilines is 1. The van der Waals surface area contributed by atoms with E-state index in [9.17, 15) is 0 Å². The van der Waals surface area contributed by atoms with Crippen molar-refractivity contribution in [1.29, 1.82) is 0 Å². The molecule has 1 fully saturated rings. The number of pyridine rings is 1. The summed E-state index contributed by atoms with van der Waals surface area (Å²) in [5.41, 5.74) is 3.95. The van der Waals surface area contributed by atoms with E-state index in [1.165, 1.54) is 0 Å². The second kappa shape index (κ2) is 9.57. The first kappa shape index (κ1) is 22.0. The zero-order chi connectivity index (χ0) is 23.5. The van der Waals surface area contributed by atoms with Gasteiger partial charge in [0.05, 0.1) is 31.1 Å². The highest BCUT2D eigenvalue weighted by Gasteiger charge is 2.43. The van der Waals surface area contributed by atoms with Crippen molar-refractivity contribution in [1.82, 2.24) is 14.9 Å². The SMILES string of the molecule is CCOc1ccc(-n2cccc2[C@H]2[C@H](c3ccccn3)NC(=S)N2c2ccccc2OC)cc1. The molecule has 3 heterocycles. The van der Waals surface area contributed by atoms with Crippen molar-refractivity contribution in [3.8, 4) is 17.2 Å². The van der Waals surface area contributed by atoms with Gasteiger partial charge >= 0.3 is 0 Å². The quantitative estimate of drug-likeness (QED) is 0.362. The zero-order valence-electron chi connectivity index (χ0n) is 19.1. The molecule has 0 unspecified atom stereocenters. The van der Waals surface area contributed by atoms with Crippen LogP contribution in [0.3, 0.4) is 0 Å². The van der Waals surface area contributed by atoms with Gasteiger partial charge in [0, 0.05) is 23.8 Å². The third-order valence-electron chi connectivity index (χ3n) is 5.95. The van der Waals surface area contributed by atoms with Crippen LogP contribution >= 0.6 is 12.2 Å². The minimum atomic E-state index is -0.153. The minimum Gasteiger partial charge on any atom is -0.495 e. The molecule has 2 aromatic heterocycles. The van der Waals surface area contributed by atoms with Crippen LogP contribution in [0.5, 0.6) is 11.5 Å². The molecule has 0 radical (unpaired) electrons. The van der Waals surface area contributed by atoms with Crippen LogP contribution in [0.25, 0.3) is 5.69 Å². The second-order valence-corrected chi connectivity index (χ2v) is 8.29. The van der Waals surface area contributed by atoms with E-state index < -0.39 is 0 Å². The summed E-state index contributed by atoms with van der Waals surface area (Å²) in [6, 6.07) is 25.9. The maximum atomic E-state index is 5.87. The van der Waals surface area contributed by atoms with E-state index in [1.807, 2.05) is 67.7 Å². The summed E-state index contributed by atoms with van der Waals surface area (Å²) in [7, 11) is 1.68. The molecule has 172 valence electrons. The molecule has 4 aromatic rings. The van der Waals surface area contributed by atoms with Gasteiger partial charge in [0.1, 0.15) is 17.5 Å². The molecule has 5 rings (SSSR count). The van der Waals surface area contributed by atoms with Crippen molar-refractivity contribution in [3.63, 3.8) is 0 Å². The van der Waals surface area contributed by atoms with Crippen molar-refractivity contribution in [2.45, 2.75) is 19.0 Å². The molecule has 0 bridgehead atoms. The van der Waals surface area contributed by atoms with Crippen LogP contribution in [0.1, 0.15) is 30.4 Å². The summed E-state index contributed by atoms with van der Waals surface area (Å²) in [6.07, 6.45) is 3.89. The number of benzene rings is 2. The lowest BCUT2D eigenvalue weighted by Gasteiger charge is -2.30. The molecule has 1 N–H and O–H groups in total. The van der Waals surface area contributed by atoms with Crippen molar-refractivity contribution < 1.29 is 9.47 Å². The Morgan fingerprint density at radius 2 is 1.76 bits per heavy atom. The fraction of sp³-hybridized carbons (Fsp3) is 0.185. The smallest absolute Gasteiger partial charge is 0.174 e. The minimum absolute atomic E-state index is 0.144. The van der Waals surface area contributed by atoms with Gasteiger partial charge in [-0.1, -0.05) is 18.2 Å². The van der Waals surface area contributed by atoms with E-state index in [4.69, 9.17) is 21.7 Å². The van der Waals surface area contributed by atoms with Crippen LogP contribution in [-0.2, 0) is 0 Å². The van der Waals surface area contributed by atoms with E-state index in [1.54, 1.807) is 7.11 Å². The molecule has 0 spiro atoms. The Bertz CT molecular complexity index is 1270. The predicted octanol–water partition coefficient (Wildman–Crippen LogP) is 5.46. The summed E-state index contributed by atoms with van der Waals surface area (Å²) in [4.78, 5) is 6.79. The summed E-state index contributed by atoms with van der Waals surface area (Å²) in [5, 5.41) is 4.15. The van der Waals surface area contributed by atoms with E-state index in [-0.39, 0.29) is 12.1 Å². The third-order valence-corrected chi connectivity index (χ3v) is 6.27. The van der Waals surface area contributed by atoms with Gasteiger partial charge in [0.2, 0.25) is 0 Å². The number of hydrogen-bond donors (Lipinski definition) is 1. The summed E-state index contributed by atoms with van der Waals surface area (Å²) in [5.74, 6) is 1.61. The molecule has 0 amide bonds. The van der Waals surface area contributed by atoms with Crippen LogP contribution in [0, 0.1) is 0 Å². The Kier molecular flexibility index (Phi) is 6.18. The number of aromatic nitrogens is 2. The molecule has 2 aromatic carbocycles. The number of para-hydroxylation sites is 2. The monoisotopic (exact) mass is 470 g/mol. The molecule has 7 heteroatoms. The Morgan fingerprint density at radius 1 is 0.971 bits per heavy atom. The van der Waals surface area contributed by atoms with Gasteiger partial charge in [0.25, 0.3) is 0 Å². The zero-order valence-corrected chi connectivity index (χ0v) is 19.9. The molecule has 1 aliphatic heterocycles. The molecule has 0 aliphatic carbocycles. The first-order valence-electron chi connectivity index (χ1n) is 11.3. The number of thiocarbonyl (C=S) groups is 1. The molecule has 34 heavy (non-hydrogen) atoms. The average molecular weight is 471 g/mol. The van der Waals surface area contributed by atoms with Gasteiger partial charge in [-0.25, -0.2) is 0 Å². The average Bonchev–Trinajstić information content (AvgIpc) is 3.49. The van der Waals surface area contributed by atoms with Gasteiger partial charge < -0.3 is 24.3 Å². The molecule has 6 nitrogen and oxygen atoms in total. The molecule has 1 saturated heterocycles. The third kappa shape index (κ3) is 3.99. The Balaban J connectivity index is 1.64. The lowest BCUT2D eigenvalue weighted by Crippen LogP contribution is -2.30. The van der Waals surface area contributed by atoms with E-state index in [0.29, 0.717) is 11.7 Å². The number of ether oxygens (including phenoxy) is 2. The molecule has 0 saturated carbocycles. The van der Waals surface area contributed by atoms with Crippen molar-refractivity contribution in [2.75, 3.05) is 18.6 Å². The van der Waals surface area contributed by atoms with Crippen LogP contribution in [0.4, 0.5) is 5.69 Å². The molecule has 1 aliphatic rings. The van der Waals surface area contributed by atoms with E-state index in [0.717, 1.165) is 34.3 Å². The number of nitrogens with one attached hydrogen (secondary N) is 1. The van der Waals surface area contributed by atoms with E-state index >= 15 is 0 Å². The number of rotatable bonds is 7. The maximum Gasteiger partial charge on any atom is 0.174 e. The van der Waals surface area contributed by atoms with Crippen molar-refractivity contribution in [3.05, 3.63) is 103 Å². The molecule has 2 atom stereocenters. The molecular formula is C27H26N4O2S. The summed E-state index contributed by atoms with van der Waals surface area (Å²) >= 11 is 5.87. The lowest BCUT2D eigenvalue weighted by atomic mass is 10.0. The van der Waals surface area contributed by atoms with Gasteiger partial charge in [-0.2, -0.15) is 0 Å². The van der Waals surface area contributed by atoms with Gasteiger partial charge in [-0.3, -0.25) is 4.98 Å². The fourth-order valence-corrected chi connectivity index (χ4v) is 4.82. The number of nitrogens with zero attached hydrogens (tertiary/aromatic N) is 3. The Labute approximate surface area is 204 Å². The van der Waals surface area contributed by atoms with Crippen LogP contribution in [0.2, 0.25) is 0 Å². The predicted molar refractivity (Wildman–Crippen MR) is 138 cm³/mol. The van der Waals surface area contributed by atoms with Gasteiger partial charge in [-0.15, -0.1) is 0 Å². The Morgan fingerprint density at radius 3 is 2.50 bits per heavy atom. The largest absolute Gasteiger partial charge is 0.495 e. The number of methoxy groups -OCH3 is 1. The summed E-state index contributed by atoms with van der Waals surface area (Å²) in [6.45, 7) is 2.62. The Hall–Kier alpha value is -3.84. The highest BCUT2D eigenvalue weighted by molar-refractivity contribution is 7.80. The van der Waals surface area contributed by atoms with E-state index in [2.05, 4.69) is 50.2 Å². The normalized spacial score (nSPS) is 17.5. The van der Waals surface area contributed by atoms with Crippen molar-refractivity contribution >= 4 is 23.0 Å².